The maximum Gasteiger partial charge on any atom is 0.255 e. The number of hydrogen-bond donors (Lipinski definition) is 5. The number of carbonyl (C=O) groups is 3. The first-order valence-electron chi connectivity index (χ1n) is 11.7. The number of aliphatic hydroxyl groups is 3. The molecule has 6 N–H and O–H groups in total. The normalized spacial score (nSPS) is 27.4. The Morgan fingerprint density at radius 3 is 2.49 bits per heavy atom. The lowest BCUT2D eigenvalue weighted by atomic mass is 9.58. The molecule has 1 aromatic carbocycles. The molecule has 1 amide bonds. The first-order valence-corrected chi connectivity index (χ1v) is 12.1. The molecule has 1 aromatic rings. The van der Waals surface area contributed by atoms with E-state index in [1.165, 1.54) is 4.90 Å². The van der Waals surface area contributed by atoms with Gasteiger partial charge in [-0.2, -0.15) is 0 Å². The minimum absolute atomic E-state index is 0.00662. The molecule has 37 heavy (non-hydrogen) atoms. The number of rotatable bonds is 6. The molecule has 3 aliphatic rings. The predicted molar refractivity (Wildman–Crippen MR) is 135 cm³/mol. The third-order valence-electron chi connectivity index (χ3n) is 7.63. The van der Waals surface area contributed by atoms with E-state index in [0.717, 1.165) is 0 Å². The number of fused-ring (bicyclic) bond motifs is 3. The van der Waals surface area contributed by atoms with Crippen molar-refractivity contribution < 1.29 is 34.8 Å². The van der Waals surface area contributed by atoms with Crippen molar-refractivity contribution in [3.05, 3.63) is 63.1 Å². The number of primary amides is 1. The number of likely N-dealkylation sites (N-methyl/N-ethyl adjacent to an activating group) is 2. The van der Waals surface area contributed by atoms with Crippen molar-refractivity contribution in [3.63, 3.8) is 0 Å². The second-order valence-corrected chi connectivity index (χ2v) is 10.6. The van der Waals surface area contributed by atoms with E-state index in [9.17, 15) is 34.8 Å². The standard InChI is InChI=1S/C26H30ClN3O7/c1-5-6-30(4)10-12-9-15(27)13-7-11-8-14-19(29(2)3)22(33)18(25(28)36)24(35)26(14,37)23(34)16(11)21(32)17(13)20(12)31/h5,9,11,14,19,31,33-34,37H,1,6-8,10H2,2-4H3,(H2,28,36)/t11-,14-,19-,26-/m0/s1. The molecule has 0 saturated heterocycles. The highest BCUT2D eigenvalue weighted by Crippen LogP contribution is 2.53. The number of benzene rings is 1. The molecular formula is C26H30ClN3O7. The Bertz CT molecular complexity index is 1300. The second-order valence-electron chi connectivity index (χ2n) is 10.2. The van der Waals surface area contributed by atoms with E-state index in [-0.39, 0.29) is 41.3 Å². The van der Waals surface area contributed by atoms with Gasteiger partial charge >= 0.3 is 0 Å². The van der Waals surface area contributed by atoms with Gasteiger partial charge in [-0.05, 0) is 51.5 Å². The molecule has 4 rings (SSSR count). The summed E-state index contributed by atoms with van der Waals surface area (Å²) in [5.41, 5.74) is 2.29. The quantitative estimate of drug-likeness (QED) is 0.269. The van der Waals surface area contributed by atoms with Gasteiger partial charge in [0.2, 0.25) is 5.78 Å². The number of halogens is 1. The number of allylic oxidation sites excluding steroid dienone is 1. The molecule has 0 fully saturated rings. The van der Waals surface area contributed by atoms with Crippen LogP contribution in [0.3, 0.4) is 0 Å². The van der Waals surface area contributed by atoms with E-state index >= 15 is 0 Å². The maximum atomic E-state index is 13.8. The van der Waals surface area contributed by atoms with Crippen LogP contribution in [0.4, 0.5) is 0 Å². The highest BCUT2D eigenvalue weighted by molar-refractivity contribution is 6.33. The first-order chi connectivity index (χ1) is 17.3. The van der Waals surface area contributed by atoms with Gasteiger partial charge in [0.05, 0.1) is 11.6 Å². The van der Waals surface area contributed by atoms with E-state index in [1.54, 1.807) is 33.3 Å². The smallest absolute Gasteiger partial charge is 0.255 e. The number of aromatic hydroxyl groups is 1. The van der Waals surface area contributed by atoms with Crippen LogP contribution in [-0.2, 0) is 22.6 Å². The summed E-state index contributed by atoms with van der Waals surface area (Å²) in [6.45, 7) is 4.45. The molecule has 11 heteroatoms. The van der Waals surface area contributed by atoms with Gasteiger partial charge in [-0.3, -0.25) is 24.2 Å². The third kappa shape index (κ3) is 3.86. The van der Waals surface area contributed by atoms with E-state index < -0.39 is 58.0 Å². The zero-order valence-electron chi connectivity index (χ0n) is 20.8. The number of phenols is 1. The van der Waals surface area contributed by atoms with Gasteiger partial charge < -0.3 is 26.2 Å². The van der Waals surface area contributed by atoms with Crippen molar-refractivity contribution in [2.45, 2.75) is 31.0 Å². The lowest BCUT2D eigenvalue weighted by Crippen LogP contribution is -2.63. The number of nitrogens with zero attached hydrogens (tertiary/aromatic N) is 2. The molecule has 0 saturated carbocycles. The Hall–Kier alpha value is -3.18. The van der Waals surface area contributed by atoms with Gasteiger partial charge in [0, 0.05) is 35.2 Å². The molecule has 0 unspecified atom stereocenters. The van der Waals surface area contributed by atoms with Crippen LogP contribution in [0.25, 0.3) is 0 Å². The van der Waals surface area contributed by atoms with Crippen LogP contribution >= 0.6 is 11.6 Å². The lowest BCUT2D eigenvalue weighted by Gasteiger charge is -2.50. The van der Waals surface area contributed by atoms with Crippen molar-refractivity contribution in [1.29, 1.82) is 0 Å². The number of phenolic OH excluding ortho intramolecular Hbond substituents is 1. The van der Waals surface area contributed by atoms with Crippen LogP contribution in [0.1, 0.15) is 27.9 Å². The number of nitrogens with two attached hydrogens (primary N) is 1. The number of hydrogen-bond acceptors (Lipinski definition) is 9. The molecule has 0 radical (unpaired) electrons. The molecule has 10 nitrogen and oxygen atoms in total. The highest BCUT2D eigenvalue weighted by atomic mass is 35.5. The highest BCUT2D eigenvalue weighted by Gasteiger charge is 2.63. The minimum atomic E-state index is -2.67. The van der Waals surface area contributed by atoms with E-state index in [1.807, 2.05) is 4.90 Å². The van der Waals surface area contributed by atoms with Gasteiger partial charge in [0.1, 0.15) is 22.8 Å². The van der Waals surface area contributed by atoms with Crippen LogP contribution in [-0.4, -0.2) is 87.0 Å². The molecule has 3 aliphatic carbocycles. The van der Waals surface area contributed by atoms with Gasteiger partial charge in [0.25, 0.3) is 5.91 Å². The second kappa shape index (κ2) is 9.29. The average Bonchev–Trinajstić information content (AvgIpc) is 2.79. The monoisotopic (exact) mass is 531 g/mol. The molecule has 0 heterocycles. The molecule has 198 valence electrons. The van der Waals surface area contributed by atoms with Crippen LogP contribution in [0.15, 0.2) is 41.4 Å². The van der Waals surface area contributed by atoms with E-state index in [2.05, 4.69) is 6.58 Å². The van der Waals surface area contributed by atoms with Crippen molar-refractivity contribution in [2.75, 3.05) is 27.7 Å². The third-order valence-corrected chi connectivity index (χ3v) is 7.97. The van der Waals surface area contributed by atoms with Crippen molar-refractivity contribution in [1.82, 2.24) is 9.80 Å². The largest absolute Gasteiger partial charge is 0.510 e. The zero-order valence-corrected chi connectivity index (χ0v) is 21.5. The Balaban J connectivity index is 1.90. The summed E-state index contributed by atoms with van der Waals surface area (Å²) >= 11 is 6.57. The molecule has 4 atom stereocenters. The Labute approximate surface area is 218 Å². The van der Waals surface area contributed by atoms with Gasteiger partial charge in [0.15, 0.2) is 11.4 Å². The van der Waals surface area contributed by atoms with Crippen molar-refractivity contribution >= 4 is 29.1 Å². The number of ketones is 2. The summed E-state index contributed by atoms with van der Waals surface area (Å²) in [6, 6.07) is 0.550. The fraction of sp³-hybridized carbons (Fsp3) is 0.423. The summed E-state index contributed by atoms with van der Waals surface area (Å²) in [5, 5.41) is 45.1. The first kappa shape index (κ1) is 26.9. The fourth-order valence-corrected chi connectivity index (χ4v) is 6.32. The van der Waals surface area contributed by atoms with Crippen LogP contribution < -0.4 is 5.73 Å². The van der Waals surface area contributed by atoms with E-state index in [0.29, 0.717) is 17.7 Å². The van der Waals surface area contributed by atoms with Crippen LogP contribution in [0.5, 0.6) is 5.75 Å². The van der Waals surface area contributed by atoms with Crippen molar-refractivity contribution in [2.24, 2.45) is 17.6 Å². The molecule has 0 bridgehead atoms. The molecular weight excluding hydrogens is 502 g/mol. The minimum Gasteiger partial charge on any atom is -0.510 e. The molecule has 0 aromatic heterocycles. The Kier molecular flexibility index (Phi) is 6.74. The summed E-state index contributed by atoms with van der Waals surface area (Å²) in [5.74, 6) is -6.88. The SMILES string of the molecule is C=CCN(C)Cc1cc(Cl)c2c(c1O)C(=O)C1=C(O)[C@]3(O)C(=O)C(C(N)=O)=C(O)[C@@H](N(C)C)[C@@H]3C[C@@H]1C2. The number of amides is 1. The fourth-order valence-electron chi connectivity index (χ4n) is 6.02. The van der Waals surface area contributed by atoms with Crippen LogP contribution in [0.2, 0.25) is 5.02 Å². The molecule has 0 aliphatic heterocycles. The summed E-state index contributed by atoms with van der Waals surface area (Å²) in [6.07, 6.45) is 1.83. The summed E-state index contributed by atoms with van der Waals surface area (Å²) < 4.78 is 0. The Morgan fingerprint density at radius 2 is 1.92 bits per heavy atom. The Morgan fingerprint density at radius 1 is 1.27 bits per heavy atom. The zero-order chi connectivity index (χ0) is 27.6. The predicted octanol–water partition coefficient (Wildman–Crippen LogP) is 1.39. The van der Waals surface area contributed by atoms with Gasteiger partial charge in [-0.15, -0.1) is 6.58 Å². The number of aliphatic hydroxyl groups excluding tert-OH is 2. The molecule has 0 spiro atoms. The van der Waals surface area contributed by atoms with Gasteiger partial charge in [-0.25, -0.2) is 0 Å². The summed E-state index contributed by atoms with van der Waals surface area (Å²) in [4.78, 5) is 42.5. The van der Waals surface area contributed by atoms with E-state index in [4.69, 9.17) is 17.3 Å². The number of carbonyl (C=O) groups excluding carboxylic acids is 3. The number of Topliss-reactive ketones (excluding diaryl/α,β-unsaturated/α-hetero) is 2. The maximum absolute atomic E-state index is 13.8. The average molecular weight is 532 g/mol. The lowest BCUT2D eigenvalue weighted by molar-refractivity contribution is -0.148. The topological polar surface area (TPSA) is 165 Å². The van der Waals surface area contributed by atoms with Gasteiger partial charge in [-0.1, -0.05) is 17.7 Å². The van der Waals surface area contributed by atoms with Crippen molar-refractivity contribution in [3.8, 4) is 5.75 Å². The van der Waals surface area contributed by atoms with Crippen LogP contribution in [0, 0.1) is 11.8 Å². The summed E-state index contributed by atoms with van der Waals surface area (Å²) in [7, 11) is 4.95.